The number of carbonyl (C=O) groups excluding carboxylic acids is 1. The second kappa shape index (κ2) is 10.5. The van der Waals surface area contributed by atoms with Gasteiger partial charge in [0.2, 0.25) is 5.91 Å². The van der Waals surface area contributed by atoms with Crippen LogP contribution in [-0.2, 0) is 14.8 Å². The van der Waals surface area contributed by atoms with Crippen LogP contribution in [0.5, 0.6) is 0 Å². The summed E-state index contributed by atoms with van der Waals surface area (Å²) in [6.07, 6.45) is 0. The van der Waals surface area contributed by atoms with Gasteiger partial charge in [-0.2, -0.15) is 0 Å². The van der Waals surface area contributed by atoms with Crippen LogP contribution in [0, 0.1) is 13.8 Å². The van der Waals surface area contributed by atoms with Crippen molar-refractivity contribution < 1.29 is 13.2 Å². The molecule has 0 aliphatic carbocycles. The van der Waals surface area contributed by atoms with Gasteiger partial charge in [-0.3, -0.25) is 9.10 Å². The molecule has 1 heterocycles. The predicted octanol–water partition coefficient (Wildman–Crippen LogP) is 5.15. The smallest absolute Gasteiger partial charge is 0.264 e. The molecule has 0 radical (unpaired) electrons. The molecule has 1 saturated heterocycles. The van der Waals surface area contributed by atoms with E-state index in [0.29, 0.717) is 41.9 Å². The van der Waals surface area contributed by atoms with Crippen LogP contribution in [0.2, 0.25) is 10.0 Å². The van der Waals surface area contributed by atoms with E-state index in [9.17, 15) is 13.2 Å². The molecule has 0 unspecified atom stereocenters. The van der Waals surface area contributed by atoms with Crippen molar-refractivity contribution >= 4 is 50.5 Å². The van der Waals surface area contributed by atoms with E-state index in [1.165, 1.54) is 0 Å². The minimum Gasteiger partial charge on any atom is -0.368 e. The first-order valence-electron chi connectivity index (χ1n) is 11.3. The molecule has 1 amide bonds. The van der Waals surface area contributed by atoms with Crippen molar-refractivity contribution in [3.8, 4) is 0 Å². The highest BCUT2D eigenvalue weighted by atomic mass is 35.5. The van der Waals surface area contributed by atoms with Crippen LogP contribution in [-0.4, -0.2) is 51.9 Å². The van der Waals surface area contributed by atoms with Gasteiger partial charge < -0.3 is 9.80 Å². The fraction of sp³-hybridized carbons (Fsp3) is 0.269. The number of rotatable bonds is 6. The number of sulfonamides is 1. The third-order valence-electron chi connectivity index (χ3n) is 6.14. The summed E-state index contributed by atoms with van der Waals surface area (Å²) in [6.45, 7) is 5.65. The van der Waals surface area contributed by atoms with E-state index in [1.807, 2.05) is 38.1 Å². The number of hydrogen-bond acceptors (Lipinski definition) is 4. The Kier molecular flexibility index (Phi) is 7.59. The second-order valence-corrected chi connectivity index (χ2v) is 11.3. The summed E-state index contributed by atoms with van der Waals surface area (Å²) in [5.74, 6) is -0.261. The minimum absolute atomic E-state index is 0.123. The van der Waals surface area contributed by atoms with Gasteiger partial charge in [-0.15, -0.1) is 0 Å². The maximum Gasteiger partial charge on any atom is 0.264 e. The van der Waals surface area contributed by atoms with Crippen molar-refractivity contribution in [2.75, 3.05) is 41.9 Å². The van der Waals surface area contributed by atoms with Gasteiger partial charge in [0, 0.05) is 41.9 Å². The largest absolute Gasteiger partial charge is 0.368 e. The molecule has 0 saturated carbocycles. The lowest BCUT2D eigenvalue weighted by Gasteiger charge is -2.37. The zero-order chi connectivity index (χ0) is 25.2. The number of anilines is 2. The summed E-state index contributed by atoms with van der Waals surface area (Å²) in [5.41, 5.74) is 3.13. The Labute approximate surface area is 216 Å². The number of carbonyl (C=O) groups is 1. The van der Waals surface area contributed by atoms with Gasteiger partial charge in [-0.25, -0.2) is 8.42 Å². The SMILES string of the molecule is Cc1ccc(S(=O)(=O)N(CC(=O)N2CCN(c3cccc(Cl)c3)CC2)c2ccc(C)c(Cl)c2)cc1. The zero-order valence-corrected chi connectivity index (χ0v) is 21.9. The first-order chi connectivity index (χ1) is 16.6. The summed E-state index contributed by atoms with van der Waals surface area (Å²) in [5, 5.41) is 1.10. The Hall–Kier alpha value is -2.74. The summed E-state index contributed by atoms with van der Waals surface area (Å²) >= 11 is 12.4. The average molecular weight is 532 g/mol. The van der Waals surface area contributed by atoms with Crippen molar-refractivity contribution in [1.82, 2.24) is 4.90 Å². The molecule has 1 fully saturated rings. The molecule has 0 bridgehead atoms. The first kappa shape index (κ1) is 25.4. The number of amides is 1. The van der Waals surface area contributed by atoms with Crippen LogP contribution in [0.1, 0.15) is 11.1 Å². The molecular weight excluding hydrogens is 505 g/mol. The number of aryl methyl sites for hydroxylation is 2. The molecule has 0 aromatic heterocycles. The zero-order valence-electron chi connectivity index (χ0n) is 19.6. The topological polar surface area (TPSA) is 60.9 Å². The monoisotopic (exact) mass is 531 g/mol. The van der Waals surface area contributed by atoms with E-state index in [-0.39, 0.29) is 17.3 Å². The highest BCUT2D eigenvalue weighted by Crippen LogP contribution is 2.29. The van der Waals surface area contributed by atoms with Gasteiger partial charge in [-0.05, 0) is 61.9 Å². The molecule has 9 heteroatoms. The Morgan fingerprint density at radius 2 is 1.60 bits per heavy atom. The molecule has 1 aliphatic rings. The molecule has 3 aromatic carbocycles. The van der Waals surface area contributed by atoms with E-state index < -0.39 is 10.0 Å². The summed E-state index contributed by atoms with van der Waals surface area (Å²) in [6, 6.07) is 19.2. The van der Waals surface area contributed by atoms with Gasteiger partial charge in [0.25, 0.3) is 10.0 Å². The molecule has 0 spiro atoms. The summed E-state index contributed by atoms with van der Waals surface area (Å²) in [7, 11) is -3.99. The third-order valence-corrected chi connectivity index (χ3v) is 8.57. The van der Waals surface area contributed by atoms with E-state index in [0.717, 1.165) is 21.1 Å². The Morgan fingerprint density at radius 3 is 2.23 bits per heavy atom. The fourth-order valence-corrected chi connectivity index (χ4v) is 5.76. The quantitative estimate of drug-likeness (QED) is 0.441. The van der Waals surface area contributed by atoms with E-state index >= 15 is 0 Å². The number of nitrogens with zero attached hydrogens (tertiary/aromatic N) is 3. The van der Waals surface area contributed by atoms with Gasteiger partial charge in [0.1, 0.15) is 6.54 Å². The van der Waals surface area contributed by atoms with Gasteiger partial charge in [0.15, 0.2) is 0 Å². The number of hydrogen-bond donors (Lipinski definition) is 0. The van der Waals surface area contributed by atoms with Crippen molar-refractivity contribution in [1.29, 1.82) is 0 Å². The number of piperazine rings is 1. The fourth-order valence-electron chi connectivity index (χ4n) is 4.00. The Morgan fingerprint density at radius 1 is 0.914 bits per heavy atom. The van der Waals surface area contributed by atoms with Crippen LogP contribution >= 0.6 is 23.2 Å². The first-order valence-corrected chi connectivity index (χ1v) is 13.5. The normalized spacial score (nSPS) is 14.2. The van der Waals surface area contributed by atoms with E-state index in [1.54, 1.807) is 47.4 Å². The van der Waals surface area contributed by atoms with Crippen LogP contribution in [0.15, 0.2) is 71.6 Å². The highest BCUT2D eigenvalue weighted by molar-refractivity contribution is 7.92. The highest BCUT2D eigenvalue weighted by Gasteiger charge is 2.30. The number of halogens is 2. The maximum absolute atomic E-state index is 13.6. The van der Waals surface area contributed by atoms with Gasteiger partial charge in [0.05, 0.1) is 10.6 Å². The number of benzene rings is 3. The molecule has 6 nitrogen and oxygen atoms in total. The van der Waals surface area contributed by atoms with Crippen molar-refractivity contribution in [3.05, 3.63) is 87.9 Å². The van der Waals surface area contributed by atoms with Crippen LogP contribution in [0.25, 0.3) is 0 Å². The lowest BCUT2D eigenvalue weighted by molar-refractivity contribution is -0.129. The third kappa shape index (κ3) is 5.74. The molecule has 1 aliphatic heterocycles. The second-order valence-electron chi connectivity index (χ2n) is 8.61. The standard InChI is InChI=1S/C26H27Cl2N3O3S/c1-19-6-10-24(11-7-19)35(33,34)31(23-9-8-20(2)25(28)17-23)18-26(32)30-14-12-29(13-15-30)22-5-3-4-21(27)16-22/h3-11,16-17H,12-15,18H2,1-2H3. The van der Waals surface area contributed by atoms with Gasteiger partial charge in [-0.1, -0.05) is 53.0 Å². The Bertz CT molecular complexity index is 1320. The molecule has 3 aromatic rings. The molecule has 0 N–H and O–H groups in total. The van der Waals surface area contributed by atoms with Crippen molar-refractivity contribution in [3.63, 3.8) is 0 Å². The summed E-state index contributed by atoms with van der Waals surface area (Å²) in [4.78, 5) is 17.3. The van der Waals surface area contributed by atoms with Crippen LogP contribution in [0.4, 0.5) is 11.4 Å². The molecule has 184 valence electrons. The predicted molar refractivity (Wildman–Crippen MR) is 142 cm³/mol. The molecule has 0 atom stereocenters. The van der Waals surface area contributed by atoms with Crippen LogP contribution < -0.4 is 9.21 Å². The van der Waals surface area contributed by atoms with E-state index in [2.05, 4.69) is 4.90 Å². The summed E-state index contributed by atoms with van der Waals surface area (Å²) < 4.78 is 28.4. The minimum atomic E-state index is -3.99. The lowest BCUT2D eigenvalue weighted by Crippen LogP contribution is -2.52. The van der Waals surface area contributed by atoms with E-state index in [4.69, 9.17) is 23.2 Å². The molecular formula is C26H27Cl2N3O3S. The maximum atomic E-state index is 13.6. The lowest BCUT2D eigenvalue weighted by atomic mass is 10.2. The van der Waals surface area contributed by atoms with Crippen LogP contribution in [0.3, 0.4) is 0 Å². The van der Waals surface area contributed by atoms with Crippen molar-refractivity contribution in [2.45, 2.75) is 18.7 Å². The average Bonchev–Trinajstić information content (AvgIpc) is 2.84. The molecule has 4 rings (SSSR count). The van der Waals surface area contributed by atoms with Gasteiger partial charge >= 0.3 is 0 Å². The van der Waals surface area contributed by atoms with Crippen molar-refractivity contribution in [2.24, 2.45) is 0 Å². The Balaban J connectivity index is 1.56. The molecule has 35 heavy (non-hydrogen) atoms.